The van der Waals surface area contributed by atoms with E-state index in [9.17, 15) is 20.0 Å². The molecule has 0 atom stereocenters. The van der Waals surface area contributed by atoms with Crippen LogP contribution in [0.1, 0.15) is 11.1 Å². The number of hydrogen-bond acceptors (Lipinski definition) is 7. The van der Waals surface area contributed by atoms with Crippen molar-refractivity contribution < 1.29 is 24.3 Å². The number of phenols is 1. The summed E-state index contributed by atoms with van der Waals surface area (Å²) in [5, 5.41) is 24.1. The van der Waals surface area contributed by atoms with Crippen molar-refractivity contribution in [2.24, 2.45) is 5.10 Å². The van der Waals surface area contributed by atoms with E-state index < -0.39 is 10.8 Å². The van der Waals surface area contributed by atoms with Crippen LogP contribution in [0.5, 0.6) is 17.2 Å². The van der Waals surface area contributed by atoms with E-state index in [1.165, 1.54) is 26.4 Å². The van der Waals surface area contributed by atoms with E-state index in [1.807, 2.05) is 0 Å². The molecular weight excluding hydrogens is 342 g/mol. The molecule has 2 aromatic carbocycles. The van der Waals surface area contributed by atoms with Gasteiger partial charge in [-0.05, 0) is 29.8 Å². The highest BCUT2D eigenvalue weighted by Gasteiger charge is 2.13. The third-order valence-electron chi connectivity index (χ3n) is 3.41. The first kappa shape index (κ1) is 18.7. The molecular formula is C17H17N3O6. The molecule has 136 valence electrons. The van der Waals surface area contributed by atoms with Crippen LogP contribution in [0.4, 0.5) is 5.69 Å². The standard InChI is InChI=1S/C17H17N3O6/c1-25-15-6-3-11(7-16(15)26-2)8-17(22)19-18-10-12-9-13(21)4-5-14(12)20(23)24/h3-7,9-10,21H,8H2,1-2H3,(H,19,22). The Kier molecular flexibility index (Phi) is 6.10. The number of hydrogen-bond donors (Lipinski definition) is 2. The first-order chi connectivity index (χ1) is 12.4. The zero-order chi connectivity index (χ0) is 19.1. The second-order valence-corrected chi connectivity index (χ2v) is 5.16. The molecule has 0 aliphatic heterocycles. The molecule has 0 radical (unpaired) electrons. The van der Waals surface area contributed by atoms with Crippen molar-refractivity contribution in [2.75, 3.05) is 14.2 Å². The van der Waals surface area contributed by atoms with Crippen molar-refractivity contribution in [2.45, 2.75) is 6.42 Å². The zero-order valence-corrected chi connectivity index (χ0v) is 14.1. The van der Waals surface area contributed by atoms with Crippen LogP contribution >= 0.6 is 0 Å². The third kappa shape index (κ3) is 4.69. The van der Waals surface area contributed by atoms with Gasteiger partial charge in [-0.25, -0.2) is 5.43 Å². The average molecular weight is 359 g/mol. The van der Waals surface area contributed by atoms with Crippen LogP contribution in [0.25, 0.3) is 0 Å². The smallest absolute Gasteiger partial charge is 0.278 e. The highest BCUT2D eigenvalue weighted by atomic mass is 16.6. The molecule has 2 N–H and O–H groups in total. The SMILES string of the molecule is COc1ccc(CC(=O)NN=Cc2cc(O)ccc2[N+](=O)[O-])cc1OC. The summed E-state index contributed by atoms with van der Waals surface area (Å²) in [6.45, 7) is 0. The molecule has 0 aliphatic rings. The molecule has 0 unspecified atom stereocenters. The summed E-state index contributed by atoms with van der Waals surface area (Å²) < 4.78 is 10.3. The molecule has 0 bridgehead atoms. The molecule has 9 nitrogen and oxygen atoms in total. The van der Waals surface area contributed by atoms with Crippen LogP contribution in [0.2, 0.25) is 0 Å². The van der Waals surface area contributed by atoms with E-state index in [-0.39, 0.29) is 23.4 Å². The second kappa shape index (κ2) is 8.47. The topological polar surface area (TPSA) is 123 Å². The Hall–Kier alpha value is -3.62. The summed E-state index contributed by atoms with van der Waals surface area (Å²) in [7, 11) is 3.01. The number of carbonyl (C=O) groups excluding carboxylic acids is 1. The lowest BCUT2D eigenvalue weighted by Crippen LogP contribution is -2.19. The minimum Gasteiger partial charge on any atom is -0.508 e. The van der Waals surface area contributed by atoms with E-state index in [4.69, 9.17) is 9.47 Å². The predicted octanol–water partition coefficient (Wildman–Crippen LogP) is 2.01. The maximum Gasteiger partial charge on any atom is 0.278 e. The first-order valence-corrected chi connectivity index (χ1v) is 7.44. The number of nitro groups is 1. The van der Waals surface area contributed by atoms with E-state index in [0.29, 0.717) is 17.1 Å². The molecule has 9 heteroatoms. The number of amides is 1. The summed E-state index contributed by atoms with van der Waals surface area (Å²) >= 11 is 0. The number of aromatic hydroxyl groups is 1. The Bertz CT molecular complexity index is 850. The largest absolute Gasteiger partial charge is 0.508 e. The van der Waals surface area contributed by atoms with Gasteiger partial charge in [-0.1, -0.05) is 6.07 Å². The predicted molar refractivity (Wildman–Crippen MR) is 93.7 cm³/mol. The Labute approximate surface area is 149 Å². The highest BCUT2D eigenvalue weighted by molar-refractivity contribution is 5.87. The summed E-state index contributed by atoms with van der Waals surface area (Å²) in [5.41, 5.74) is 2.80. The lowest BCUT2D eigenvalue weighted by Gasteiger charge is -2.09. The summed E-state index contributed by atoms with van der Waals surface area (Å²) in [6.07, 6.45) is 1.13. The van der Waals surface area contributed by atoms with Gasteiger partial charge in [0, 0.05) is 6.07 Å². The number of nitrogens with zero attached hydrogens (tertiary/aromatic N) is 2. The van der Waals surface area contributed by atoms with Crippen LogP contribution in [-0.4, -0.2) is 36.4 Å². The fourth-order valence-electron chi connectivity index (χ4n) is 2.20. The number of phenolic OH excluding ortho intramolecular Hbond substituents is 1. The summed E-state index contributed by atoms with van der Waals surface area (Å²) in [5.74, 6) is 0.479. The third-order valence-corrected chi connectivity index (χ3v) is 3.41. The molecule has 2 rings (SSSR count). The number of methoxy groups -OCH3 is 2. The fourth-order valence-corrected chi connectivity index (χ4v) is 2.20. The van der Waals surface area contributed by atoms with Gasteiger partial charge in [-0.3, -0.25) is 14.9 Å². The van der Waals surface area contributed by atoms with E-state index in [1.54, 1.807) is 18.2 Å². The molecule has 0 spiro atoms. The summed E-state index contributed by atoms with van der Waals surface area (Å²) in [4.78, 5) is 22.3. The summed E-state index contributed by atoms with van der Waals surface area (Å²) in [6, 6.07) is 8.60. The molecule has 0 aliphatic carbocycles. The van der Waals surface area contributed by atoms with Crippen molar-refractivity contribution in [3.8, 4) is 17.2 Å². The van der Waals surface area contributed by atoms with Gasteiger partial charge in [0.1, 0.15) is 5.75 Å². The lowest BCUT2D eigenvalue weighted by molar-refractivity contribution is -0.385. The maximum absolute atomic E-state index is 12.0. The molecule has 0 saturated heterocycles. The molecule has 0 heterocycles. The first-order valence-electron chi connectivity index (χ1n) is 7.44. The van der Waals surface area contributed by atoms with Gasteiger partial charge in [0.15, 0.2) is 11.5 Å². The van der Waals surface area contributed by atoms with Crippen LogP contribution in [0.3, 0.4) is 0 Å². The van der Waals surface area contributed by atoms with E-state index >= 15 is 0 Å². The van der Waals surface area contributed by atoms with E-state index in [0.717, 1.165) is 12.3 Å². The van der Waals surface area contributed by atoms with Gasteiger partial charge < -0.3 is 14.6 Å². The Morgan fingerprint density at radius 1 is 1.23 bits per heavy atom. The zero-order valence-electron chi connectivity index (χ0n) is 14.1. The van der Waals surface area contributed by atoms with Crippen molar-refractivity contribution >= 4 is 17.8 Å². The van der Waals surface area contributed by atoms with Gasteiger partial charge in [0.05, 0.1) is 37.3 Å². The number of rotatable bonds is 7. The minimum atomic E-state index is -0.605. The van der Waals surface area contributed by atoms with Crippen molar-refractivity contribution in [1.29, 1.82) is 0 Å². The van der Waals surface area contributed by atoms with Crippen molar-refractivity contribution in [1.82, 2.24) is 5.43 Å². The number of ether oxygens (including phenoxy) is 2. The van der Waals surface area contributed by atoms with Crippen LogP contribution in [0.15, 0.2) is 41.5 Å². The monoisotopic (exact) mass is 359 g/mol. The maximum atomic E-state index is 12.0. The van der Waals surface area contributed by atoms with Crippen molar-refractivity contribution in [3.63, 3.8) is 0 Å². The van der Waals surface area contributed by atoms with Gasteiger partial charge in [-0.15, -0.1) is 0 Å². The second-order valence-electron chi connectivity index (χ2n) is 5.16. The van der Waals surface area contributed by atoms with Crippen molar-refractivity contribution in [3.05, 3.63) is 57.6 Å². The Morgan fingerprint density at radius 2 is 1.96 bits per heavy atom. The molecule has 1 amide bonds. The van der Waals surface area contributed by atoms with Crippen LogP contribution in [0, 0.1) is 10.1 Å². The normalized spacial score (nSPS) is 10.5. The van der Waals surface area contributed by atoms with E-state index in [2.05, 4.69) is 10.5 Å². The Morgan fingerprint density at radius 3 is 2.62 bits per heavy atom. The highest BCUT2D eigenvalue weighted by Crippen LogP contribution is 2.27. The number of hydrazone groups is 1. The van der Waals surface area contributed by atoms with Crippen LogP contribution < -0.4 is 14.9 Å². The number of nitro benzene ring substituents is 1. The van der Waals surface area contributed by atoms with Gasteiger partial charge >= 0.3 is 0 Å². The number of benzene rings is 2. The van der Waals surface area contributed by atoms with Gasteiger partial charge in [0.2, 0.25) is 5.91 Å². The minimum absolute atomic E-state index is 0.0276. The number of carbonyl (C=O) groups is 1. The fraction of sp³-hybridized carbons (Fsp3) is 0.176. The quantitative estimate of drug-likeness (QED) is 0.443. The molecule has 0 aromatic heterocycles. The number of nitrogens with one attached hydrogen (secondary N) is 1. The molecule has 2 aromatic rings. The molecule has 26 heavy (non-hydrogen) atoms. The lowest BCUT2D eigenvalue weighted by atomic mass is 10.1. The molecule has 0 fully saturated rings. The van der Waals surface area contributed by atoms with Gasteiger partial charge in [0.25, 0.3) is 5.69 Å². The average Bonchev–Trinajstić information content (AvgIpc) is 2.61. The molecule has 0 saturated carbocycles. The Balaban J connectivity index is 2.04. The van der Waals surface area contributed by atoms with Crippen LogP contribution in [-0.2, 0) is 11.2 Å². The van der Waals surface area contributed by atoms with Gasteiger partial charge in [-0.2, -0.15) is 5.10 Å².